The molecule has 0 atom stereocenters. The van der Waals surface area contributed by atoms with Gasteiger partial charge in [-0.1, -0.05) is 5.16 Å². The Labute approximate surface area is 181 Å². The van der Waals surface area contributed by atoms with Crippen LogP contribution in [0, 0.1) is 24.0 Å². The highest BCUT2D eigenvalue weighted by atomic mass is 32.2. The highest BCUT2D eigenvalue weighted by Gasteiger charge is 2.33. The van der Waals surface area contributed by atoms with Gasteiger partial charge in [0.1, 0.15) is 10.7 Å². The van der Waals surface area contributed by atoms with Crippen molar-refractivity contribution in [1.29, 1.82) is 0 Å². The van der Waals surface area contributed by atoms with Crippen molar-refractivity contribution in [2.45, 2.75) is 38.1 Å². The molecule has 4 rings (SSSR count). The van der Waals surface area contributed by atoms with Gasteiger partial charge in [-0.2, -0.15) is 4.31 Å². The molecule has 168 valence electrons. The van der Waals surface area contributed by atoms with Gasteiger partial charge in [-0.15, -0.1) is 0 Å². The van der Waals surface area contributed by atoms with Crippen LogP contribution in [0.25, 0.3) is 0 Å². The number of hydrogen-bond donors (Lipinski definition) is 0. The smallest absolute Gasteiger partial charge is 0.270 e. The van der Waals surface area contributed by atoms with Crippen LogP contribution in [0.2, 0.25) is 0 Å². The van der Waals surface area contributed by atoms with Crippen molar-refractivity contribution in [1.82, 2.24) is 14.4 Å². The molecule has 0 amide bonds. The molecule has 2 aliphatic heterocycles. The molecule has 31 heavy (non-hydrogen) atoms. The fourth-order valence-corrected chi connectivity index (χ4v) is 6.00. The molecule has 3 heterocycles. The van der Waals surface area contributed by atoms with E-state index in [0.717, 1.165) is 49.5 Å². The number of nitro benzene ring substituents is 1. The van der Waals surface area contributed by atoms with E-state index >= 15 is 0 Å². The SMILES string of the molecule is Cc1noc(C)c1CN1CCN(c2ccc([N+](=O)[O-])cc2S(=O)(=O)N2CCCC2)CC1. The molecule has 1 aromatic heterocycles. The van der Waals surface area contributed by atoms with Gasteiger partial charge in [0, 0.05) is 63.5 Å². The zero-order valence-electron chi connectivity index (χ0n) is 17.8. The van der Waals surface area contributed by atoms with Crippen LogP contribution in [0.3, 0.4) is 0 Å². The summed E-state index contributed by atoms with van der Waals surface area (Å²) in [6.45, 7) is 8.20. The molecule has 1 aromatic carbocycles. The van der Waals surface area contributed by atoms with E-state index in [9.17, 15) is 18.5 Å². The molecule has 11 heteroatoms. The maximum absolute atomic E-state index is 13.3. The van der Waals surface area contributed by atoms with Gasteiger partial charge in [0.2, 0.25) is 10.0 Å². The topological polar surface area (TPSA) is 113 Å². The fourth-order valence-electron chi connectivity index (χ4n) is 4.25. The second kappa shape index (κ2) is 8.56. The number of nitrogens with zero attached hydrogens (tertiary/aromatic N) is 5. The third-order valence-electron chi connectivity index (χ3n) is 6.11. The molecule has 2 fully saturated rings. The number of aryl methyl sites for hydroxylation is 2. The summed E-state index contributed by atoms with van der Waals surface area (Å²) >= 11 is 0. The molecule has 0 saturated carbocycles. The van der Waals surface area contributed by atoms with Crippen molar-refractivity contribution in [2.24, 2.45) is 0 Å². The number of piperazine rings is 1. The molecule has 0 radical (unpaired) electrons. The Morgan fingerprint density at radius 3 is 2.35 bits per heavy atom. The average Bonchev–Trinajstić information content (AvgIpc) is 3.41. The summed E-state index contributed by atoms with van der Waals surface area (Å²) < 4.78 is 33.2. The highest BCUT2D eigenvalue weighted by Crippen LogP contribution is 2.33. The largest absolute Gasteiger partial charge is 0.368 e. The number of hydrogen-bond acceptors (Lipinski definition) is 8. The Hall–Kier alpha value is -2.50. The van der Waals surface area contributed by atoms with Crippen LogP contribution in [0.5, 0.6) is 0 Å². The number of rotatable bonds is 6. The van der Waals surface area contributed by atoms with E-state index < -0.39 is 14.9 Å². The molecular formula is C20H27N5O5S. The van der Waals surface area contributed by atoms with E-state index in [1.165, 1.54) is 16.4 Å². The summed E-state index contributed by atoms with van der Waals surface area (Å²) in [4.78, 5) is 15.1. The van der Waals surface area contributed by atoms with Crippen LogP contribution < -0.4 is 4.90 Å². The molecule has 0 unspecified atom stereocenters. The lowest BCUT2D eigenvalue weighted by Gasteiger charge is -2.37. The van der Waals surface area contributed by atoms with E-state index in [4.69, 9.17) is 4.52 Å². The van der Waals surface area contributed by atoms with Crippen molar-refractivity contribution in [3.63, 3.8) is 0 Å². The number of non-ortho nitro benzene ring substituents is 1. The molecule has 0 bridgehead atoms. The Kier molecular flexibility index (Phi) is 6.00. The number of sulfonamides is 1. The number of nitro groups is 1. The van der Waals surface area contributed by atoms with Gasteiger partial charge in [0.25, 0.3) is 5.69 Å². The highest BCUT2D eigenvalue weighted by molar-refractivity contribution is 7.89. The Balaban J connectivity index is 1.56. The Bertz CT molecular complexity index is 1050. The van der Waals surface area contributed by atoms with E-state index in [1.807, 2.05) is 18.7 Å². The van der Waals surface area contributed by atoms with Gasteiger partial charge in [-0.25, -0.2) is 8.42 Å². The van der Waals surface area contributed by atoms with Gasteiger partial charge >= 0.3 is 0 Å². The first-order chi connectivity index (χ1) is 14.8. The van der Waals surface area contributed by atoms with Crippen LogP contribution in [-0.2, 0) is 16.6 Å². The Morgan fingerprint density at radius 2 is 1.77 bits per heavy atom. The van der Waals surface area contributed by atoms with Crippen molar-refractivity contribution >= 4 is 21.4 Å². The lowest BCUT2D eigenvalue weighted by Crippen LogP contribution is -2.46. The molecule has 2 aliphatic rings. The minimum absolute atomic E-state index is 0.0303. The standard InChI is InChI=1S/C20H27N5O5S/c1-15-18(16(2)30-21-15)14-22-9-11-23(12-10-22)19-6-5-17(25(26)27)13-20(19)31(28,29)24-7-3-4-8-24/h5-6,13H,3-4,7-12,14H2,1-2H3. The molecule has 0 aliphatic carbocycles. The third-order valence-corrected chi connectivity index (χ3v) is 8.04. The number of aromatic nitrogens is 1. The first-order valence-corrected chi connectivity index (χ1v) is 11.9. The predicted octanol–water partition coefficient (Wildman–Crippen LogP) is 2.31. The molecule has 0 spiro atoms. The minimum atomic E-state index is -3.79. The van der Waals surface area contributed by atoms with Gasteiger partial charge in [-0.05, 0) is 32.8 Å². The average molecular weight is 450 g/mol. The van der Waals surface area contributed by atoms with Gasteiger partial charge in [0.15, 0.2) is 0 Å². The van der Waals surface area contributed by atoms with Gasteiger partial charge in [-0.3, -0.25) is 15.0 Å². The minimum Gasteiger partial charge on any atom is -0.368 e. The summed E-state index contributed by atoms with van der Waals surface area (Å²) in [5, 5.41) is 15.3. The lowest BCUT2D eigenvalue weighted by molar-refractivity contribution is -0.385. The first kappa shape index (κ1) is 21.7. The molecule has 10 nitrogen and oxygen atoms in total. The monoisotopic (exact) mass is 449 g/mol. The predicted molar refractivity (Wildman–Crippen MR) is 115 cm³/mol. The third kappa shape index (κ3) is 4.30. The Morgan fingerprint density at radius 1 is 1.10 bits per heavy atom. The van der Waals surface area contributed by atoms with E-state index in [0.29, 0.717) is 31.9 Å². The summed E-state index contributed by atoms with van der Waals surface area (Å²) in [5.74, 6) is 0.814. The maximum atomic E-state index is 13.3. The van der Waals surface area contributed by atoms with Gasteiger partial charge in [0.05, 0.1) is 16.3 Å². The number of benzene rings is 1. The summed E-state index contributed by atoms with van der Waals surface area (Å²) in [5.41, 5.74) is 2.29. The molecule has 2 aromatic rings. The van der Waals surface area contributed by atoms with Crippen LogP contribution in [0.1, 0.15) is 29.9 Å². The maximum Gasteiger partial charge on any atom is 0.270 e. The molecule has 0 N–H and O–H groups in total. The van der Waals surface area contributed by atoms with Crippen molar-refractivity contribution in [3.05, 3.63) is 45.3 Å². The van der Waals surface area contributed by atoms with E-state index in [-0.39, 0.29) is 10.6 Å². The quantitative estimate of drug-likeness (QED) is 0.488. The van der Waals surface area contributed by atoms with Crippen LogP contribution in [-0.4, -0.2) is 67.0 Å². The molecule has 2 saturated heterocycles. The van der Waals surface area contributed by atoms with Crippen molar-refractivity contribution in [3.8, 4) is 0 Å². The molecular weight excluding hydrogens is 422 g/mol. The van der Waals surface area contributed by atoms with Crippen molar-refractivity contribution < 1.29 is 17.9 Å². The zero-order chi connectivity index (χ0) is 22.2. The second-order valence-electron chi connectivity index (χ2n) is 8.09. The lowest BCUT2D eigenvalue weighted by atomic mass is 10.1. The van der Waals surface area contributed by atoms with Crippen LogP contribution >= 0.6 is 0 Å². The first-order valence-electron chi connectivity index (χ1n) is 10.4. The normalized spacial score (nSPS) is 18.6. The van der Waals surface area contributed by atoms with E-state index in [2.05, 4.69) is 10.1 Å². The summed E-state index contributed by atoms with van der Waals surface area (Å²) in [7, 11) is -3.79. The van der Waals surface area contributed by atoms with E-state index in [1.54, 1.807) is 6.07 Å². The zero-order valence-corrected chi connectivity index (χ0v) is 18.6. The summed E-state index contributed by atoms with van der Waals surface area (Å²) in [6.07, 6.45) is 1.62. The van der Waals surface area contributed by atoms with Gasteiger partial charge < -0.3 is 9.42 Å². The fraction of sp³-hybridized carbons (Fsp3) is 0.550. The van der Waals surface area contributed by atoms with Crippen LogP contribution in [0.4, 0.5) is 11.4 Å². The number of anilines is 1. The summed E-state index contributed by atoms with van der Waals surface area (Å²) in [6, 6.07) is 4.17. The second-order valence-corrected chi connectivity index (χ2v) is 9.99. The van der Waals surface area contributed by atoms with Crippen molar-refractivity contribution in [2.75, 3.05) is 44.2 Å². The van der Waals surface area contributed by atoms with Crippen LogP contribution in [0.15, 0.2) is 27.6 Å².